The Morgan fingerprint density at radius 3 is 2.03 bits per heavy atom. The van der Waals surface area contributed by atoms with Crippen molar-refractivity contribution >= 4 is 20.2 Å². The van der Waals surface area contributed by atoms with Crippen molar-refractivity contribution in [3.63, 3.8) is 0 Å². The molecule has 1 N–H and O–H groups in total. The van der Waals surface area contributed by atoms with Gasteiger partial charge in [-0.2, -0.15) is 16.8 Å². The lowest BCUT2D eigenvalue weighted by Crippen LogP contribution is -2.36. The maximum atomic E-state index is 12.9. The average molecular weight is 523 g/mol. The van der Waals surface area contributed by atoms with E-state index < -0.39 is 62.4 Å². The number of nitrogens with zero attached hydrogens (tertiary/aromatic N) is 1. The lowest BCUT2D eigenvalue weighted by atomic mass is 10.0. The fraction of sp³-hybridized carbons (Fsp3) is 0.273. The second-order valence-corrected chi connectivity index (χ2v) is 11.0. The van der Waals surface area contributed by atoms with E-state index in [0.29, 0.717) is 0 Å². The second kappa shape index (κ2) is 9.87. The zero-order valence-electron chi connectivity index (χ0n) is 18.4. The Morgan fingerprint density at radius 2 is 1.46 bits per heavy atom. The van der Waals surface area contributed by atoms with Crippen LogP contribution in [0.15, 0.2) is 92.3 Å². The monoisotopic (exact) mass is 522 g/mol. The molecule has 4 atom stereocenters. The molecule has 0 amide bonds. The van der Waals surface area contributed by atoms with Crippen LogP contribution in [0, 0.1) is 5.92 Å². The minimum absolute atomic E-state index is 0.0891. The van der Waals surface area contributed by atoms with Crippen LogP contribution in [0.5, 0.6) is 0 Å². The zero-order valence-corrected chi connectivity index (χ0v) is 20.0. The summed E-state index contributed by atoms with van der Waals surface area (Å²) in [6.45, 7) is 1.00. The first kappa shape index (κ1) is 25.0. The van der Waals surface area contributed by atoms with E-state index in [2.05, 4.69) is 4.98 Å². The molecule has 0 unspecified atom stereocenters. The molecule has 0 saturated carbocycles. The van der Waals surface area contributed by atoms with Gasteiger partial charge >= 0.3 is 5.69 Å². The molecule has 1 saturated heterocycles. The predicted molar refractivity (Wildman–Crippen MR) is 122 cm³/mol. The topological polar surface area (TPSA) is 151 Å². The average Bonchev–Trinajstić information content (AvgIpc) is 3.13. The molecule has 11 nitrogen and oxygen atoms in total. The smallest absolute Gasteiger partial charge is 0.330 e. The van der Waals surface area contributed by atoms with Crippen molar-refractivity contribution < 1.29 is 29.9 Å². The molecule has 13 heteroatoms. The van der Waals surface area contributed by atoms with E-state index >= 15 is 0 Å². The number of ether oxygens (including phenoxy) is 1. The lowest BCUT2D eigenvalue weighted by Gasteiger charge is -2.21. The highest BCUT2D eigenvalue weighted by Crippen LogP contribution is 2.37. The maximum absolute atomic E-state index is 12.9. The van der Waals surface area contributed by atoms with Crippen molar-refractivity contribution in [1.29, 1.82) is 0 Å². The normalized spacial score (nSPS) is 22.8. The van der Waals surface area contributed by atoms with Crippen molar-refractivity contribution in [1.82, 2.24) is 9.55 Å². The summed E-state index contributed by atoms with van der Waals surface area (Å²) in [7, 11) is -8.45. The first-order valence-corrected chi connectivity index (χ1v) is 13.3. The van der Waals surface area contributed by atoms with Gasteiger partial charge in [-0.05, 0) is 24.3 Å². The molecule has 1 aliphatic heterocycles. The molecule has 2 aromatic carbocycles. The number of benzene rings is 2. The zero-order chi connectivity index (χ0) is 25.2. The minimum atomic E-state index is -4.27. The van der Waals surface area contributed by atoms with Crippen molar-refractivity contribution in [2.45, 2.75) is 35.2 Å². The third-order valence-electron chi connectivity index (χ3n) is 5.46. The standard InChI is InChI=1S/C22H22N2O9S2/c1-15-20(33-35(29,30)17-10-6-3-7-11-17)18(14-31-34(27,28)16-8-4-2-5-9-16)32-21(15)24-13-12-19(25)23-22(24)26/h2-13,15,18,20-21H,14H2,1H3,(H,23,25,26)/t15-,18+,20-,21+/m0/s1. The third-order valence-corrected chi connectivity index (χ3v) is 8.08. The van der Waals surface area contributed by atoms with Crippen LogP contribution in [0.1, 0.15) is 13.2 Å². The van der Waals surface area contributed by atoms with Gasteiger partial charge < -0.3 is 4.74 Å². The number of nitrogens with one attached hydrogen (secondary N) is 1. The first-order valence-electron chi connectivity index (χ1n) is 10.5. The summed E-state index contributed by atoms with van der Waals surface area (Å²) in [6.07, 6.45) is -2.26. The third kappa shape index (κ3) is 5.44. The molecule has 0 aliphatic carbocycles. The molecule has 0 bridgehead atoms. The minimum Gasteiger partial charge on any atom is -0.349 e. The van der Waals surface area contributed by atoms with Crippen LogP contribution in [-0.4, -0.2) is 45.2 Å². The van der Waals surface area contributed by atoms with E-state index in [1.54, 1.807) is 19.1 Å². The van der Waals surface area contributed by atoms with E-state index in [-0.39, 0.29) is 9.79 Å². The van der Waals surface area contributed by atoms with Crippen LogP contribution in [-0.2, 0) is 33.3 Å². The summed E-state index contributed by atoms with van der Waals surface area (Å²) in [5, 5.41) is 0. The Hall–Kier alpha value is -3.10. The molecule has 0 spiro atoms. The molecule has 1 fully saturated rings. The number of hydrogen-bond donors (Lipinski definition) is 1. The van der Waals surface area contributed by atoms with Gasteiger partial charge in [0.2, 0.25) is 0 Å². The predicted octanol–water partition coefficient (Wildman–Crippen LogP) is 1.25. The van der Waals surface area contributed by atoms with Crippen LogP contribution in [0.4, 0.5) is 0 Å². The molecule has 186 valence electrons. The van der Waals surface area contributed by atoms with E-state index in [1.807, 2.05) is 0 Å². The van der Waals surface area contributed by atoms with Gasteiger partial charge in [-0.25, -0.2) is 4.79 Å². The van der Waals surface area contributed by atoms with Gasteiger partial charge in [-0.15, -0.1) is 0 Å². The van der Waals surface area contributed by atoms with Gasteiger partial charge in [-0.3, -0.25) is 22.7 Å². The van der Waals surface area contributed by atoms with Crippen LogP contribution in [0.2, 0.25) is 0 Å². The summed E-state index contributed by atoms with van der Waals surface area (Å²) in [6, 6.07) is 15.9. The van der Waals surface area contributed by atoms with Crippen LogP contribution in [0.25, 0.3) is 0 Å². The van der Waals surface area contributed by atoms with Crippen LogP contribution < -0.4 is 11.2 Å². The van der Waals surface area contributed by atoms with E-state index in [1.165, 1.54) is 54.7 Å². The Bertz CT molecular complexity index is 1500. The number of aromatic amines is 1. The summed E-state index contributed by atoms with van der Waals surface area (Å²) in [4.78, 5) is 25.7. The highest BCUT2D eigenvalue weighted by atomic mass is 32.2. The number of aromatic nitrogens is 2. The first-order chi connectivity index (χ1) is 16.6. The van der Waals surface area contributed by atoms with Crippen molar-refractivity contribution in [2.75, 3.05) is 6.61 Å². The highest BCUT2D eigenvalue weighted by molar-refractivity contribution is 7.87. The van der Waals surface area contributed by atoms with Gasteiger partial charge in [0.15, 0.2) is 0 Å². The fourth-order valence-corrected chi connectivity index (χ4v) is 5.85. The number of hydrogen-bond acceptors (Lipinski definition) is 9. The second-order valence-electron chi connectivity index (χ2n) is 7.82. The van der Waals surface area contributed by atoms with Crippen molar-refractivity contribution in [3.05, 3.63) is 93.8 Å². The summed E-state index contributed by atoms with van der Waals surface area (Å²) in [5.41, 5.74) is -1.40. The lowest BCUT2D eigenvalue weighted by molar-refractivity contribution is -0.0387. The van der Waals surface area contributed by atoms with Gasteiger partial charge in [0.1, 0.15) is 18.4 Å². The maximum Gasteiger partial charge on any atom is 0.330 e. The Morgan fingerprint density at radius 1 is 0.886 bits per heavy atom. The molecule has 3 aromatic rings. The van der Waals surface area contributed by atoms with Crippen molar-refractivity contribution in [3.8, 4) is 0 Å². The van der Waals surface area contributed by atoms with Crippen LogP contribution >= 0.6 is 0 Å². The Labute approximate surface area is 201 Å². The highest BCUT2D eigenvalue weighted by Gasteiger charge is 2.47. The van der Waals surface area contributed by atoms with Gasteiger partial charge in [0.05, 0.1) is 16.4 Å². The number of rotatable bonds is 8. The molecular formula is C22H22N2O9S2. The largest absolute Gasteiger partial charge is 0.349 e. The summed E-state index contributed by atoms with van der Waals surface area (Å²) >= 11 is 0. The van der Waals surface area contributed by atoms with Crippen LogP contribution in [0.3, 0.4) is 0 Å². The summed E-state index contributed by atoms with van der Waals surface area (Å²) < 4.78 is 68.6. The number of H-pyrrole nitrogens is 1. The molecule has 0 radical (unpaired) electrons. The van der Waals surface area contributed by atoms with E-state index in [0.717, 1.165) is 10.6 Å². The molecule has 35 heavy (non-hydrogen) atoms. The molecule has 2 heterocycles. The van der Waals surface area contributed by atoms with Gasteiger partial charge in [0.25, 0.3) is 25.8 Å². The quantitative estimate of drug-likeness (QED) is 0.431. The summed E-state index contributed by atoms with van der Waals surface area (Å²) in [5.74, 6) is -0.759. The Kier molecular flexibility index (Phi) is 7.05. The molecule has 1 aliphatic rings. The van der Waals surface area contributed by atoms with E-state index in [4.69, 9.17) is 13.1 Å². The SMILES string of the molecule is C[C@H]1[C@H](OS(=O)(=O)c2ccccc2)[C@@H](COS(=O)(=O)c2ccccc2)O[C@H]1n1ccc(=O)[nH]c1=O. The van der Waals surface area contributed by atoms with Crippen molar-refractivity contribution in [2.24, 2.45) is 5.92 Å². The van der Waals surface area contributed by atoms with Gasteiger partial charge in [0, 0.05) is 18.2 Å². The van der Waals surface area contributed by atoms with E-state index in [9.17, 15) is 26.4 Å². The van der Waals surface area contributed by atoms with Gasteiger partial charge in [-0.1, -0.05) is 43.3 Å². The molecular weight excluding hydrogens is 500 g/mol. The fourth-order valence-electron chi connectivity index (χ4n) is 3.71. The Balaban J connectivity index is 1.64. The molecule has 4 rings (SSSR count). The molecule has 1 aromatic heterocycles.